The number of fused-ring (bicyclic) bond motifs is 2. The minimum atomic E-state index is -0.702. The van der Waals surface area contributed by atoms with Crippen LogP contribution in [0, 0.1) is 12.8 Å². The van der Waals surface area contributed by atoms with Crippen LogP contribution < -0.4 is 14.5 Å². The molecule has 0 aliphatic carbocycles. The maximum atomic E-state index is 13.9. The van der Waals surface area contributed by atoms with Gasteiger partial charge in [-0.05, 0) is 66.9 Å². The zero-order chi connectivity index (χ0) is 28.7. The third-order valence-electron chi connectivity index (χ3n) is 7.36. The maximum absolute atomic E-state index is 13.9. The average Bonchev–Trinajstić information content (AvgIpc) is 3.47. The van der Waals surface area contributed by atoms with Crippen molar-refractivity contribution in [2.75, 3.05) is 11.5 Å². The molecule has 41 heavy (non-hydrogen) atoms. The Bertz CT molecular complexity index is 1690. The fourth-order valence-electron chi connectivity index (χ4n) is 5.30. The number of hydrogen-bond acceptors (Lipinski definition) is 8. The van der Waals surface area contributed by atoms with Gasteiger partial charge in [-0.15, -0.1) is 0 Å². The molecule has 1 N–H and O–H groups in total. The number of anilines is 1. The van der Waals surface area contributed by atoms with E-state index in [1.165, 1.54) is 16.7 Å². The van der Waals surface area contributed by atoms with Gasteiger partial charge in [0, 0.05) is 10.8 Å². The molecule has 0 unspecified atom stereocenters. The molecule has 0 saturated carbocycles. The van der Waals surface area contributed by atoms with Crippen LogP contribution in [0.3, 0.4) is 0 Å². The highest BCUT2D eigenvalue weighted by Gasteiger charge is 2.56. The number of imide groups is 1. The number of carbonyl (C=O) groups is 3. The van der Waals surface area contributed by atoms with Crippen LogP contribution in [0.1, 0.15) is 44.8 Å². The van der Waals surface area contributed by atoms with E-state index in [0.717, 1.165) is 32.9 Å². The van der Waals surface area contributed by atoms with Crippen LogP contribution in [0.15, 0.2) is 82.6 Å². The normalized spacial score (nSPS) is 19.6. The summed E-state index contributed by atoms with van der Waals surface area (Å²) in [4.78, 5) is 56.6. The summed E-state index contributed by atoms with van der Waals surface area (Å²) in [5.41, 5.74) is 3.79. The molecule has 8 nitrogen and oxygen atoms in total. The molecule has 3 atom stereocenters. The summed E-state index contributed by atoms with van der Waals surface area (Å²) >= 11 is 2.29. The number of carbonyl (C=O) groups excluding carboxylic acids is 3. The second-order valence-electron chi connectivity index (χ2n) is 9.81. The van der Waals surface area contributed by atoms with Gasteiger partial charge in [-0.2, -0.15) is 0 Å². The number of amides is 2. The number of aromatic amines is 1. The third kappa shape index (κ3) is 4.98. The van der Waals surface area contributed by atoms with E-state index in [1.807, 2.05) is 55.5 Å². The summed E-state index contributed by atoms with van der Waals surface area (Å²) in [5.74, 6) is -1.66. The number of nitrogens with zero attached hydrogens (tertiary/aromatic N) is 1. The first-order valence-corrected chi connectivity index (χ1v) is 14.9. The molecular weight excluding hydrogens is 560 g/mol. The number of esters is 1. The number of ether oxygens (including phenoxy) is 2. The summed E-state index contributed by atoms with van der Waals surface area (Å²) in [5, 5.41) is -0.0845. The van der Waals surface area contributed by atoms with Gasteiger partial charge >= 0.3 is 10.8 Å². The average molecular weight is 587 g/mol. The van der Waals surface area contributed by atoms with E-state index >= 15 is 0 Å². The molecule has 1 aromatic heterocycles. The molecule has 208 valence electrons. The van der Waals surface area contributed by atoms with Crippen LogP contribution in [0.5, 0.6) is 5.75 Å². The number of rotatable bonds is 7. The van der Waals surface area contributed by atoms with Gasteiger partial charge in [0.2, 0.25) is 11.8 Å². The molecule has 1 saturated heterocycles. The van der Waals surface area contributed by atoms with Gasteiger partial charge in [0.25, 0.3) is 0 Å². The topological polar surface area (TPSA) is 106 Å². The highest BCUT2D eigenvalue weighted by molar-refractivity contribution is 8.00. The standard InChI is InChI=1S/C31H26N2O6S2/c1-3-38-30(36)19-8-12-21(13-9-19)33-28(34)24-23(25-27(32-31(37)41-25)40-26(24)29(33)35)18-10-14-22(15-11-18)39-16-20-7-5-4-6-17(20)2/h4-15,23-24,26H,3,16H2,1-2H3,(H,32,37)/t23-,24-,26+/m0/s1. The molecule has 0 radical (unpaired) electrons. The van der Waals surface area contributed by atoms with Crippen LogP contribution in [-0.4, -0.2) is 34.6 Å². The molecule has 2 amide bonds. The second-order valence-corrected chi connectivity index (χ2v) is 12.0. The van der Waals surface area contributed by atoms with Crippen LogP contribution in [0.2, 0.25) is 0 Å². The molecule has 2 aliphatic heterocycles. The van der Waals surface area contributed by atoms with Gasteiger partial charge in [-0.25, -0.2) is 9.69 Å². The Morgan fingerprint density at radius 3 is 2.39 bits per heavy atom. The molecule has 0 spiro atoms. The highest BCUT2D eigenvalue weighted by Crippen LogP contribution is 2.53. The van der Waals surface area contributed by atoms with Gasteiger partial charge in [-0.3, -0.25) is 14.4 Å². The van der Waals surface area contributed by atoms with Crippen LogP contribution >= 0.6 is 23.1 Å². The minimum absolute atomic E-state index is 0.225. The second kappa shape index (κ2) is 11.0. The molecule has 4 aromatic rings. The lowest BCUT2D eigenvalue weighted by atomic mass is 9.83. The van der Waals surface area contributed by atoms with Crippen molar-refractivity contribution in [1.82, 2.24) is 4.98 Å². The van der Waals surface area contributed by atoms with Gasteiger partial charge in [-0.1, -0.05) is 59.5 Å². The first-order chi connectivity index (χ1) is 19.9. The third-order valence-corrected chi connectivity index (χ3v) is 9.76. The van der Waals surface area contributed by atoms with Crippen molar-refractivity contribution in [3.05, 3.63) is 110 Å². The van der Waals surface area contributed by atoms with E-state index in [4.69, 9.17) is 9.47 Å². The molecule has 0 bridgehead atoms. The van der Waals surface area contributed by atoms with Gasteiger partial charge in [0.05, 0.1) is 28.8 Å². The zero-order valence-corrected chi connectivity index (χ0v) is 23.9. The highest BCUT2D eigenvalue weighted by atomic mass is 32.2. The Balaban J connectivity index is 1.30. The predicted molar refractivity (Wildman–Crippen MR) is 157 cm³/mol. The molecule has 3 heterocycles. The van der Waals surface area contributed by atoms with Crippen molar-refractivity contribution in [2.24, 2.45) is 5.92 Å². The number of aromatic nitrogens is 1. The lowest BCUT2D eigenvalue weighted by Crippen LogP contribution is -2.32. The first kappa shape index (κ1) is 27.0. The quantitative estimate of drug-likeness (QED) is 0.232. The zero-order valence-electron chi connectivity index (χ0n) is 22.3. The summed E-state index contributed by atoms with van der Waals surface area (Å²) in [6.45, 7) is 4.44. The molecule has 2 aliphatic rings. The summed E-state index contributed by atoms with van der Waals surface area (Å²) in [7, 11) is 0. The van der Waals surface area contributed by atoms with Crippen LogP contribution in [0.4, 0.5) is 5.69 Å². The summed E-state index contributed by atoms with van der Waals surface area (Å²) in [6.07, 6.45) is 0. The van der Waals surface area contributed by atoms with E-state index < -0.39 is 23.1 Å². The van der Waals surface area contributed by atoms with Gasteiger partial charge in [0.1, 0.15) is 17.6 Å². The van der Waals surface area contributed by atoms with E-state index in [0.29, 0.717) is 28.6 Å². The number of aryl methyl sites for hydroxylation is 1. The lowest BCUT2D eigenvalue weighted by Gasteiger charge is -2.29. The van der Waals surface area contributed by atoms with Crippen molar-refractivity contribution in [1.29, 1.82) is 0 Å². The Morgan fingerprint density at radius 2 is 1.68 bits per heavy atom. The number of thiazole rings is 1. The Kier molecular flexibility index (Phi) is 7.27. The molecule has 1 fully saturated rings. The van der Waals surface area contributed by atoms with Crippen molar-refractivity contribution in [3.8, 4) is 5.75 Å². The largest absolute Gasteiger partial charge is 0.489 e. The Morgan fingerprint density at radius 1 is 0.951 bits per heavy atom. The van der Waals surface area contributed by atoms with E-state index in [9.17, 15) is 19.2 Å². The van der Waals surface area contributed by atoms with E-state index in [-0.39, 0.29) is 23.3 Å². The molecule has 6 rings (SSSR count). The molecule has 10 heteroatoms. The fraction of sp³-hybridized carbons (Fsp3) is 0.226. The van der Waals surface area contributed by atoms with Gasteiger partial charge in [0.15, 0.2) is 0 Å². The number of thioether (sulfide) groups is 1. The van der Waals surface area contributed by atoms with Crippen LogP contribution in [0.25, 0.3) is 0 Å². The smallest absolute Gasteiger partial charge is 0.338 e. The monoisotopic (exact) mass is 586 g/mol. The maximum Gasteiger partial charge on any atom is 0.338 e. The number of hydrogen-bond donors (Lipinski definition) is 1. The lowest BCUT2D eigenvalue weighted by molar-refractivity contribution is -0.122. The van der Waals surface area contributed by atoms with E-state index in [2.05, 4.69) is 4.98 Å². The van der Waals surface area contributed by atoms with Gasteiger partial charge < -0.3 is 14.5 Å². The number of benzene rings is 3. The summed E-state index contributed by atoms with van der Waals surface area (Å²) < 4.78 is 11.0. The van der Waals surface area contributed by atoms with E-state index in [1.54, 1.807) is 31.2 Å². The summed E-state index contributed by atoms with van der Waals surface area (Å²) in [6, 6.07) is 21.8. The first-order valence-electron chi connectivity index (χ1n) is 13.2. The number of H-pyrrole nitrogens is 1. The Labute approximate surface area is 244 Å². The van der Waals surface area contributed by atoms with Crippen molar-refractivity contribution in [3.63, 3.8) is 0 Å². The Hall–Kier alpha value is -4.15. The fourth-order valence-corrected chi connectivity index (χ4v) is 7.81. The van der Waals surface area contributed by atoms with Crippen molar-refractivity contribution >= 4 is 46.6 Å². The van der Waals surface area contributed by atoms with Crippen LogP contribution in [-0.2, 0) is 20.9 Å². The SMILES string of the molecule is CCOC(=O)c1ccc(N2C(=O)[C@H]3[C@H](c4ccc(OCc5ccccc5C)cc4)c4sc(=O)[nH]c4S[C@H]3C2=O)cc1. The molecule has 3 aromatic carbocycles. The molecular formula is C31H26N2O6S2. The minimum Gasteiger partial charge on any atom is -0.489 e. The predicted octanol–water partition coefficient (Wildman–Crippen LogP) is 5.30. The van der Waals surface area contributed by atoms with Crippen molar-refractivity contribution < 1.29 is 23.9 Å². The number of nitrogens with one attached hydrogen (secondary N) is 1. The van der Waals surface area contributed by atoms with Crippen molar-refractivity contribution in [2.45, 2.75) is 36.6 Å².